The lowest BCUT2D eigenvalue weighted by molar-refractivity contribution is 0.191. The van der Waals surface area contributed by atoms with Gasteiger partial charge in [-0.25, -0.2) is 4.98 Å². The first-order chi connectivity index (χ1) is 7.90. The summed E-state index contributed by atoms with van der Waals surface area (Å²) in [5.74, 6) is 2.28. The Morgan fingerprint density at radius 2 is 2.50 bits per heavy atom. The average Bonchev–Trinajstić information content (AvgIpc) is 2.94. The third-order valence-electron chi connectivity index (χ3n) is 2.90. The van der Waals surface area contributed by atoms with E-state index in [1.807, 2.05) is 6.20 Å². The van der Waals surface area contributed by atoms with Gasteiger partial charge >= 0.3 is 0 Å². The van der Waals surface area contributed by atoms with Crippen molar-refractivity contribution in [3.63, 3.8) is 0 Å². The molecule has 0 spiro atoms. The van der Waals surface area contributed by atoms with E-state index in [-0.39, 0.29) is 0 Å². The lowest BCUT2D eigenvalue weighted by Crippen LogP contribution is -2.14. The molecule has 16 heavy (non-hydrogen) atoms. The van der Waals surface area contributed by atoms with Crippen molar-refractivity contribution in [3.8, 4) is 0 Å². The minimum Gasteiger partial charge on any atom is -0.445 e. The Morgan fingerprint density at radius 1 is 1.56 bits per heavy atom. The van der Waals surface area contributed by atoms with Crippen LogP contribution in [0.3, 0.4) is 0 Å². The second-order valence-corrected chi connectivity index (χ2v) is 4.17. The summed E-state index contributed by atoms with van der Waals surface area (Å²) in [6.07, 6.45) is 4.92. The zero-order valence-corrected chi connectivity index (χ0v) is 9.87. The van der Waals surface area contributed by atoms with Crippen LogP contribution < -0.4 is 5.32 Å². The molecule has 0 saturated carbocycles. The van der Waals surface area contributed by atoms with Crippen LogP contribution in [0, 0.1) is 0 Å². The van der Waals surface area contributed by atoms with Crippen LogP contribution in [0.5, 0.6) is 0 Å². The molecule has 90 valence electrons. The van der Waals surface area contributed by atoms with Gasteiger partial charge in [-0.1, -0.05) is 6.92 Å². The fourth-order valence-electron chi connectivity index (χ4n) is 1.93. The van der Waals surface area contributed by atoms with Crippen molar-refractivity contribution in [2.45, 2.75) is 32.1 Å². The summed E-state index contributed by atoms with van der Waals surface area (Å²) in [5, 5.41) is 3.29. The van der Waals surface area contributed by atoms with Crippen LogP contribution in [-0.4, -0.2) is 31.3 Å². The number of oxazole rings is 1. The van der Waals surface area contributed by atoms with Crippen LogP contribution >= 0.6 is 0 Å². The molecule has 2 heterocycles. The van der Waals surface area contributed by atoms with E-state index in [1.165, 1.54) is 0 Å². The minimum absolute atomic E-state index is 0.426. The van der Waals surface area contributed by atoms with Crippen molar-refractivity contribution < 1.29 is 9.15 Å². The molecule has 4 nitrogen and oxygen atoms in total. The fraction of sp³-hybridized carbons (Fsp3) is 0.750. The monoisotopic (exact) mass is 224 g/mol. The van der Waals surface area contributed by atoms with Gasteiger partial charge in [0.2, 0.25) is 0 Å². The summed E-state index contributed by atoms with van der Waals surface area (Å²) in [6.45, 7) is 5.80. The standard InChI is InChI=1S/C12H20N2O2/c1-2-13-6-3-4-12-14-8-11(16-12)10-5-7-15-9-10/h8,10,13H,2-7,9H2,1H3. The largest absolute Gasteiger partial charge is 0.445 e. The van der Waals surface area contributed by atoms with Crippen molar-refractivity contribution in [2.75, 3.05) is 26.3 Å². The first-order valence-corrected chi connectivity index (χ1v) is 6.13. The molecule has 0 aliphatic carbocycles. The van der Waals surface area contributed by atoms with E-state index < -0.39 is 0 Å². The van der Waals surface area contributed by atoms with Crippen LogP contribution in [0.2, 0.25) is 0 Å². The number of hydrogen-bond acceptors (Lipinski definition) is 4. The zero-order chi connectivity index (χ0) is 11.2. The number of nitrogens with one attached hydrogen (secondary N) is 1. The van der Waals surface area contributed by atoms with Crippen LogP contribution in [0.25, 0.3) is 0 Å². The van der Waals surface area contributed by atoms with E-state index in [1.54, 1.807) is 0 Å². The summed E-state index contributed by atoms with van der Waals surface area (Å²) in [5.41, 5.74) is 0. The highest BCUT2D eigenvalue weighted by Gasteiger charge is 2.21. The molecule has 0 aromatic carbocycles. The molecule has 0 radical (unpaired) electrons. The summed E-state index contributed by atoms with van der Waals surface area (Å²) in [6, 6.07) is 0. The van der Waals surface area contributed by atoms with E-state index in [0.717, 1.165) is 57.2 Å². The molecule has 4 heteroatoms. The number of ether oxygens (including phenoxy) is 1. The molecule has 1 unspecified atom stereocenters. The molecule has 1 aromatic rings. The highest BCUT2D eigenvalue weighted by molar-refractivity contribution is 5.03. The Morgan fingerprint density at radius 3 is 3.25 bits per heavy atom. The third-order valence-corrected chi connectivity index (χ3v) is 2.90. The number of aryl methyl sites for hydroxylation is 1. The molecule has 1 atom stereocenters. The van der Waals surface area contributed by atoms with Crippen molar-refractivity contribution in [2.24, 2.45) is 0 Å². The highest BCUT2D eigenvalue weighted by Crippen LogP contribution is 2.25. The Hall–Kier alpha value is -0.870. The van der Waals surface area contributed by atoms with Crippen molar-refractivity contribution in [1.82, 2.24) is 10.3 Å². The predicted octanol–water partition coefficient (Wildman–Crippen LogP) is 1.72. The Bertz CT molecular complexity index is 306. The van der Waals surface area contributed by atoms with Crippen LogP contribution in [0.15, 0.2) is 10.6 Å². The van der Waals surface area contributed by atoms with E-state index in [9.17, 15) is 0 Å². The van der Waals surface area contributed by atoms with E-state index in [4.69, 9.17) is 9.15 Å². The molecule has 1 aliphatic heterocycles. The van der Waals surface area contributed by atoms with E-state index >= 15 is 0 Å². The smallest absolute Gasteiger partial charge is 0.194 e. The van der Waals surface area contributed by atoms with Gasteiger partial charge in [0, 0.05) is 18.9 Å². The maximum absolute atomic E-state index is 5.73. The van der Waals surface area contributed by atoms with Crippen molar-refractivity contribution in [3.05, 3.63) is 17.8 Å². The minimum atomic E-state index is 0.426. The van der Waals surface area contributed by atoms with Gasteiger partial charge in [-0.2, -0.15) is 0 Å². The Kier molecular flexibility index (Phi) is 4.36. The molecule has 1 N–H and O–H groups in total. The lowest BCUT2D eigenvalue weighted by atomic mass is 10.1. The van der Waals surface area contributed by atoms with Gasteiger partial charge in [-0.15, -0.1) is 0 Å². The van der Waals surface area contributed by atoms with E-state index in [0.29, 0.717) is 5.92 Å². The van der Waals surface area contributed by atoms with Gasteiger partial charge in [-0.3, -0.25) is 0 Å². The second-order valence-electron chi connectivity index (χ2n) is 4.17. The van der Waals surface area contributed by atoms with Gasteiger partial charge in [0.15, 0.2) is 5.89 Å². The average molecular weight is 224 g/mol. The summed E-state index contributed by atoms with van der Waals surface area (Å²) in [4.78, 5) is 4.31. The molecule has 1 saturated heterocycles. The first-order valence-electron chi connectivity index (χ1n) is 6.13. The third kappa shape index (κ3) is 3.06. The molecule has 1 fully saturated rings. The quantitative estimate of drug-likeness (QED) is 0.747. The Balaban J connectivity index is 1.77. The zero-order valence-electron chi connectivity index (χ0n) is 9.87. The maximum Gasteiger partial charge on any atom is 0.194 e. The number of hydrogen-bond donors (Lipinski definition) is 1. The summed E-state index contributed by atoms with van der Waals surface area (Å²) >= 11 is 0. The number of rotatable bonds is 6. The first kappa shape index (κ1) is 11.6. The lowest BCUT2D eigenvalue weighted by Gasteiger charge is -2.01. The van der Waals surface area contributed by atoms with Gasteiger partial charge in [0.1, 0.15) is 5.76 Å². The molecule has 0 bridgehead atoms. The fourth-order valence-corrected chi connectivity index (χ4v) is 1.93. The van der Waals surface area contributed by atoms with Gasteiger partial charge < -0.3 is 14.5 Å². The van der Waals surface area contributed by atoms with Gasteiger partial charge in [0.05, 0.1) is 12.8 Å². The molecule has 0 amide bonds. The van der Waals surface area contributed by atoms with Crippen molar-refractivity contribution in [1.29, 1.82) is 0 Å². The molecule has 1 aromatic heterocycles. The molecule has 1 aliphatic rings. The highest BCUT2D eigenvalue weighted by atomic mass is 16.5. The predicted molar refractivity (Wildman–Crippen MR) is 61.5 cm³/mol. The normalized spacial score (nSPS) is 20.4. The van der Waals surface area contributed by atoms with E-state index in [2.05, 4.69) is 17.2 Å². The second kappa shape index (κ2) is 6.01. The summed E-state index contributed by atoms with van der Waals surface area (Å²) < 4.78 is 11.1. The van der Waals surface area contributed by atoms with Crippen molar-refractivity contribution >= 4 is 0 Å². The van der Waals surface area contributed by atoms with Crippen LogP contribution in [0.1, 0.15) is 37.3 Å². The molecule has 2 rings (SSSR count). The molecular formula is C12H20N2O2. The summed E-state index contributed by atoms with van der Waals surface area (Å²) in [7, 11) is 0. The van der Waals surface area contributed by atoms with Gasteiger partial charge in [-0.05, 0) is 25.9 Å². The number of nitrogens with zero attached hydrogens (tertiary/aromatic N) is 1. The topological polar surface area (TPSA) is 47.3 Å². The van der Waals surface area contributed by atoms with Crippen LogP contribution in [-0.2, 0) is 11.2 Å². The van der Waals surface area contributed by atoms with Crippen LogP contribution in [0.4, 0.5) is 0 Å². The SMILES string of the molecule is CCNCCCc1ncc(C2CCOC2)o1. The number of aromatic nitrogens is 1. The van der Waals surface area contributed by atoms with Gasteiger partial charge in [0.25, 0.3) is 0 Å². The Labute approximate surface area is 96.4 Å². The maximum atomic E-state index is 5.73. The molecular weight excluding hydrogens is 204 g/mol.